The second-order valence-electron chi connectivity index (χ2n) is 7.51. The van der Waals surface area contributed by atoms with Gasteiger partial charge in [0.1, 0.15) is 0 Å². The Kier molecular flexibility index (Phi) is 6.03. The molecule has 2 aliphatic rings. The Morgan fingerprint density at radius 2 is 1.64 bits per heavy atom. The summed E-state index contributed by atoms with van der Waals surface area (Å²) < 4.78 is 0. The highest BCUT2D eigenvalue weighted by Crippen LogP contribution is 2.23. The van der Waals surface area contributed by atoms with E-state index in [1.54, 1.807) is 6.07 Å². The van der Waals surface area contributed by atoms with Gasteiger partial charge in [-0.3, -0.25) is 4.90 Å². The number of urea groups is 1. The highest BCUT2D eigenvalue weighted by Gasteiger charge is 2.30. The predicted octanol–water partition coefficient (Wildman–Crippen LogP) is 4.16. The Morgan fingerprint density at radius 3 is 2.39 bits per heavy atom. The van der Waals surface area contributed by atoms with Crippen LogP contribution in [-0.2, 0) is 0 Å². The molecular formula is C22H27ClN4O. The van der Waals surface area contributed by atoms with Crippen LogP contribution in [0, 0.1) is 0 Å². The summed E-state index contributed by atoms with van der Waals surface area (Å²) in [6.45, 7) is 5.73. The maximum Gasteiger partial charge on any atom is 0.321 e. The molecular weight excluding hydrogens is 372 g/mol. The van der Waals surface area contributed by atoms with E-state index in [1.807, 2.05) is 23.1 Å². The van der Waals surface area contributed by atoms with Gasteiger partial charge in [0.2, 0.25) is 0 Å². The number of rotatable bonds is 3. The summed E-state index contributed by atoms with van der Waals surface area (Å²) in [6.07, 6.45) is 2.20. The van der Waals surface area contributed by atoms with Crippen molar-refractivity contribution in [1.82, 2.24) is 9.80 Å². The molecule has 28 heavy (non-hydrogen) atoms. The van der Waals surface area contributed by atoms with Crippen molar-refractivity contribution in [2.45, 2.75) is 18.9 Å². The summed E-state index contributed by atoms with van der Waals surface area (Å²) in [5.41, 5.74) is 1.97. The molecule has 0 bridgehead atoms. The SMILES string of the molecule is O=C(Nc1ccccc1Cl)N1CCCC(N2CCN(c3ccccc3)CC2)C1. The van der Waals surface area contributed by atoms with Gasteiger partial charge in [-0.15, -0.1) is 0 Å². The first-order valence-corrected chi connectivity index (χ1v) is 10.4. The van der Waals surface area contributed by atoms with Crippen LogP contribution in [0.1, 0.15) is 12.8 Å². The van der Waals surface area contributed by atoms with Crippen molar-refractivity contribution in [1.29, 1.82) is 0 Å². The summed E-state index contributed by atoms with van der Waals surface area (Å²) in [4.78, 5) is 19.6. The van der Waals surface area contributed by atoms with Crippen LogP contribution in [0.2, 0.25) is 5.02 Å². The summed E-state index contributed by atoms with van der Waals surface area (Å²) in [5, 5.41) is 3.53. The first-order valence-electron chi connectivity index (χ1n) is 10.1. The molecule has 2 aliphatic heterocycles. The molecule has 2 amide bonds. The fourth-order valence-electron chi connectivity index (χ4n) is 4.18. The smallest absolute Gasteiger partial charge is 0.321 e. The van der Waals surface area contributed by atoms with E-state index < -0.39 is 0 Å². The monoisotopic (exact) mass is 398 g/mol. The van der Waals surface area contributed by atoms with Crippen LogP contribution in [0.15, 0.2) is 54.6 Å². The summed E-state index contributed by atoms with van der Waals surface area (Å²) in [6, 6.07) is 18.4. The minimum Gasteiger partial charge on any atom is -0.369 e. The number of likely N-dealkylation sites (tertiary alicyclic amines) is 1. The van der Waals surface area contributed by atoms with Crippen molar-refractivity contribution in [3.63, 3.8) is 0 Å². The van der Waals surface area contributed by atoms with E-state index in [0.717, 1.165) is 52.1 Å². The minimum atomic E-state index is -0.0549. The van der Waals surface area contributed by atoms with Crippen molar-refractivity contribution in [3.8, 4) is 0 Å². The number of piperazine rings is 1. The largest absolute Gasteiger partial charge is 0.369 e. The Hall–Kier alpha value is -2.24. The predicted molar refractivity (Wildman–Crippen MR) is 115 cm³/mol. The number of hydrogen-bond acceptors (Lipinski definition) is 3. The molecule has 1 N–H and O–H groups in total. The Bertz CT molecular complexity index is 792. The molecule has 1 unspecified atom stereocenters. The number of piperidine rings is 1. The van der Waals surface area contributed by atoms with Crippen LogP contribution in [0.3, 0.4) is 0 Å². The van der Waals surface area contributed by atoms with E-state index in [0.29, 0.717) is 16.8 Å². The van der Waals surface area contributed by atoms with Crippen LogP contribution < -0.4 is 10.2 Å². The summed E-state index contributed by atoms with van der Waals surface area (Å²) >= 11 is 6.18. The minimum absolute atomic E-state index is 0.0549. The molecule has 2 fully saturated rings. The molecule has 1 atom stereocenters. The number of halogens is 1. The van der Waals surface area contributed by atoms with Crippen molar-refractivity contribution in [3.05, 3.63) is 59.6 Å². The van der Waals surface area contributed by atoms with Crippen molar-refractivity contribution in [2.24, 2.45) is 0 Å². The standard InChI is InChI=1S/C22H27ClN4O/c23-20-10-4-5-11-21(20)24-22(28)27-12-6-9-19(17-27)26-15-13-25(14-16-26)18-7-2-1-3-8-18/h1-5,7-8,10-11,19H,6,9,12-17H2,(H,24,28). The average molecular weight is 399 g/mol. The molecule has 0 saturated carbocycles. The van der Waals surface area contributed by atoms with Gasteiger partial charge in [0.05, 0.1) is 10.7 Å². The number of carbonyl (C=O) groups excluding carboxylic acids is 1. The zero-order chi connectivity index (χ0) is 19.3. The molecule has 6 heteroatoms. The van der Waals surface area contributed by atoms with Gasteiger partial charge in [-0.1, -0.05) is 41.9 Å². The lowest BCUT2D eigenvalue weighted by Crippen LogP contribution is -2.56. The van der Waals surface area contributed by atoms with E-state index in [1.165, 1.54) is 5.69 Å². The van der Waals surface area contributed by atoms with Crippen LogP contribution >= 0.6 is 11.6 Å². The van der Waals surface area contributed by atoms with E-state index in [2.05, 4.69) is 45.4 Å². The third kappa shape index (κ3) is 4.42. The lowest BCUT2D eigenvalue weighted by molar-refractivity contribution is 0.108. The van der Waals surface area contributed by atoms with Gasteiger partial charge in [0.25, 0.3) is 0 Å². The normalized spacial score (nSPS) is 20.8. The number of carbonyl (C=O) groups is 1. The number of nitrogens with zero attached hydrogens (tertiary/aromatic N) is 3. The maximum atomic E-state index is 12.7. The van der Waals surface area contributed by atoms with Crippen LogP contribution in [0.5, 0.6) is 0 Å². The van der Waals surface area contributed by atoms with Crippen LogP contribution in [-0.4, -0.2) is 61.1 Å². The number of para-hydroxylation sites is 2. The first-order chi connectivity index (χ1) is 13.7. The molecule has 148 valence electrons. The molecule has 0 spiro atoms. The number of hydrogen-bond donors (Lipinski definition) is 1. The Morgan fingerprint density at radius 1 is 0.929 bits per heavy atom. The number of nitrogens with one attached hydrogen (secondary N) is 1. The van der Waals surface area contributed by atoms with E-state index in [9.17, 15) is 4.79 Å². The zero-order valence-electron chi connectivity index (χ0n) is 16.1. The molecule has 0 aromatic heterocycles. The third-order valence-corrected chi connectivity index (χ3v) is 6.08. The van der Waals surface area contributed by atoms with E-state index in [-0.39, 0.29) is 6.03 Å². The van der Waals surface area contributed by atoms with Gasteiger partial charge in [0.15, 0.2) is 0 Å². The van der Waals surface area contributed by atoms with Gasteiger partial charge in [-0.05, 0) is 37.1 Å². The number of benzene rings is 2. The Labute approximate surface area is 171 Å². The van der Waals surface area contributed by atoms with Crippen LogP contribution in [0.25, 0.3) is 0 Å². The topological polar surface area (TPSA) is 38.8 Å². The molecule has 2 aromatic rings. The molecule has 0 aliphatic carbocycles. The van der Waals surface area contributed by atoms with Gasteiger partial charge in [-0.2, -0.15) is 0 Å². The molecule has 2 aromatic carbocycles. The highest BCUT2D eigenvalue weighted by atomic mass is 35.5. The fourth-order valence-corrected chi connectivity index (χ4v) is 4.36. The van der Waals surface area contributed by atoms with E-state index in [4.69, 9.17) is 11.6 Å². The van der Waals surface area contributed by atoms with Gasteiger partial charge in [0, 0.05) is 51.0 Å². The quantitative estimate of drug-likeness (QED) is 0.843. The lowest BCUT2D eigenvalue weighted by Gasteiger charge is -2.43. The number of anilines is 2. The second kappa shape index (κ2) is 8.84. The molecule has 0 radical (unpaired) electrons. The molecule has 2 saturated heterocycles. The zero-order valence-corrected chi connectivity index (χ0v) is 16.8. The average Bonchev–Trinajstić information content (AvgIpc) is 2.76. The maximum absolute atomic E-state index is 12.7. The Balaban J connectivity index is 1.32. The van der Waals surface area contributed by atoms with Crippen molar-refractivity contribution >= 4 is 29.0 Å². The third-order valence-electron chi connectivity index (χ3n) is 5.75. The molecule has 4 rings (SSSR count). The lowest BCUT2D eigenvalue weighted by atomic mass is 10.0. The number of amides is 2. The summed E-state index contributed by atoms with van der Waals surface area (Å²) in [5.74, 6) is 0. The highest BCUT2D eigenvalue weighted by molar-refractivity contribution is 6.33. The van der Waals surface area contributed by atoms with Crippen LogP contribution in [0.4, 0.5) is 16.2 Å². The fraction of sp³-hybridized carbons (Fsp3) is 0.409. The first kappa shape index (κ1) is 19.1. The van der Waals surface area contributed by atoms with Gasteiger partial charge >= 0.3 is 6.03 Å². The summed E-state index contributed by atoms with van der Waals surface area (Å²) in [7, 11) is 0. The molecule has 5 nitrogen and oxygen atoms in total. The van der Waals surface area contributed by atoms with E-state index >= 15 is 0 Å². The van der Waals surface area contributed by atoms with Crippen molar-refractivity contribution in [2.75, 3.05) is 49.5 Å². The second-order valence-corrected chi connectivity index (χ2v) is 7.92. The van der Waals surface area contributed by atoms with Crippen molar-refractivity contribution < 1.29 is 4.79 Å². The van der Waals surface area contributed by atoms with Gasteiger partial charge in [-0.25, -0.2) is 4.79 Å². The molecule has 2 heterocycles. The van der Waals surface area contributed by atoms with Gasteiger partial charge < -0.3 is 15.1 Å².